The summed E-state index contributed by atoms with van der Waals surface area (Å²) in [6.45, 7) is 2.61. The van der Waals surface area contributed by atoms with E-state index in [0.717, 1.165) is 31.9 Å². The van der Waals surface area contributed by atoms with Crippen molar-refractivity contribution in [3.8, 4) is 5.75 Å². The Morgan fingerprint density at radius 3 is 3.24 bits per heavy atom. The number of hydrogen-bond acceptors (Lipinski definition) is 4. The summed E-state index contributed by atoms with van der Waals surface area (Å²) in [4.78, 5) is 5.33. The molecule has 0 amide bonds. The van der Waals surface area contributed by atoms with E-state index in [9.17, 15) is 0 Å². The van der Waals surface area contributed by atoms with Crippen LogP contribution >= 0.6 is 11.3 Å². The number of nitrogens with zero attached hydrogens (tertiary/aromatic N) is 1. The molecule has 3 nitrogen and oxygen atoms in total. The lowest BCUT2D eigenvalue weighted by Gasteiger charge is -2.05. The van der Waals surface area contributed by atoms with Gasteiger partial charge in [-0.1, -0.05) is 12.1 Å². The van der Waals surface area contributed by atoms with Crippen LogP contribution in [0, 0.1) is 0 Å². The summed E-state index contributed by atoms with van der Waals surface area (Å²) in [6.07, 6.45) is 2.95. The molecule has 0 bridgehead atoms. The summed E-state index contributed by atoms with van der Waals surface area (Å²) >= 11 is 1.68. The van der Waals surface area contributed by atoms with E-state index in [1.807, 2.05) is 11.7 Å². The van der Waals surface area contributed by atoms with Crippen molar-refractivity contribution in [1.82, 2.24) is 10.3 Å². The van der Waals surface area contributed by atoms with Crippen molar-refractivity contribution in [3.05, 3.63) is 45.9 Å². The van der Waals surface area contributed by atoms with Crippen LogP contribution in [-0.2, 0) is 19.5 Å². The van der Waals surface area contributed by atoms with Crippen molar-refractivity contribution < 1.29 is 4.74 Å². The highest BCUT2D eigenvalue weighted by Gasteiger charge is 2.11. The molecule has 1 aliphatic rings. The lowest BCUT2D eigenvalue weighted by Crippen LogP contribution is -2.11. The monoisotopic (exact) mass is 246 g/mol. The molecule has 0 saturated carbocycles. The van der Waals surface area contributed by atoms with E-state index < -0.39 is 0 Å². The second-order valence-corrected chi connectivity index (χ2v) is 5.08. The van der Waals surface area contributed by atoms with Crippen LogP contribution in [0.15, 0.2) is 29.9 Å². The molecule has 0 saturated heterocycles. The maximum absolute atomic E-state index is 5.49. The first-order valence-corrected chi connectivity index (χ1v) is 6.62. The molecule has 3 rings (SSSR count). The SMILES string of the molecule is c1ncc(CNCc2ccc3c(c2)CCO3)s1. The molecule has 0 aliphatic carbocycles. The molecule has 2 aromatic rings. The zero-order chi connectivity index (χ0) is 11.5. The Morgan fingerprint density at radius 2 is 2.35 bits per heavy atom. The van der Waals surface area contributed by atoms with Gasteiger partial charge in [0.15, 0.2) is 0 Å². The van der Waals surface area contributed by atoms with Crippen molar-refractivity contribution in [2.75, 3.05) is 6.61 Å². The highest BCUT2D eigenvalue weighted by atomic mass is 32.1. The van der Waals surface area contributed by atoms with Crippen LogP contribution in [0.1, 0.15) is 16.0 Å². The standard InChI is InChI=1S/C13H14N2OS/c1-2-13-11(3-4-16-13)5-10(1)6-14-7-12-8-15-9-17-12/h1-2,5,8-9,14H,3-4,6-7H2. The zero-order valence-corrected chi connectivity index (χ0v) is 10.3. The lowest BCUT2D eigenvalue weighted by atomic mass is 10.1. The highest BCUT2D eigenvalue weighted by Crippen LogP contribution is 2.25. The quantitative estimate of drug-likeness (QED) is 0.899. The number of aromatic nitrogens is 1. The smallest absolute Gasteiger partial charge is 0.122 e. The Hall–Kier alpha value is -1.39. The first kappa shape index (κ1) is 10.7. The molecule has 17 heavy (non-hydrogen) atoms. The Morgan fingerprint density at radius 1 is 1.35 bits per heavy atom. The Kier molecular flexibility index (Phi) is 3.07. The van der Waals surface area contributed by atoms with Crippen LogP contribution in [0.2, 0.25) is 0 Å². The summed E-state index contributed by atoms with van der Waals surface area (Å²) in [5, 5.41) is 3.42. The maximum Gasteiger partial charge on any atom is 0.122 e. The van der Waals surface area contributed by atoms with Crippen molar-refractivity contribution in [2.45, 2.75) is 19.5 Å². The molecule has 0 radical (unpaired) electrons. The van der Waals surface area contributed by atoms with E-state index in [4.69, 9.17) is 4.74 Å². The van der Waals surface area contributed by atoms with Crippen LogP contribution in [0.25, 0.3) is 0 Å². The molecule has 1 N–H and O–H groups in total. The fourth-order valence-electron chi connectivity index (χ4n) is 2.01. The van der Waals surface area contributed by atoms with Crippen LogP contribution < -0.4 is 10.1 Å². The van der Waals surface area contributed by atoms with Crippen molar-refractivity contribution in [1.29, 1.82) is 0 Å². The van der Waals surface area contributed by atoms with E-state index in [0.29, 0.717) is 0 Å². The molecule has 2 heterocycles. The van der Waals surface area contributed by atoms with Crippen LogP contribution in [0.5, 0.6) is 5.75 Å². The third-order valence-electron chi connectivity index (χ3n) is 2.87. The number of thiazole rings is 1. The van der Waals surface area contributed by atoms with Gasteiger partial charge in [-0.25, -0.2) is 0 Å². The average molecular weight is 246 g/mol. The van der Waals surface area contributed by atoms with Crippen LogP contribution in [-0.4, -0.2) is 11.6 Å². The Balaban J connectivity index is 1.58. The first-order chi connectivity index (χ1) is 8.42. The first-order valence-electron chi connectivity index (χ1n) is 5.74. The van der Waals surface area contributed by atoms with Gasteiger partial charge in [-0.05, 0) is 17.2 Å². The summed E-state index contributed by atoms with van der Waals surface area (Å²) in [6, 6.07) is 6.44. The van der Waals surface area contributed by atoms with Gasteiger partial charge in [0.1, 0.15) is 5.75 Å². The third kappa shape index (κ3) is 2.48. The van der Waals surface area contributed by atoms with Gasteiger partial charge in [0.2, 0.25) is 0 Å². The van der Waals surface area contributed by atoms with Gasteiger partial charge in [-0.15, -0.1) is 11.3 Å². The van der Waals surface area contributed by atoms with E-state index >= 15 is 0 Å². The van der Waals surface area contributed by atoms with E-state index in [-0.39, 0.29) is 0 Å². The van der Waals surface area contributed by atoms with Crippen molar-refractivity contribution in [2.24, 2.45) is 0 Å². The molecular weight excluding hydrogens is 232 g/mol. The molecular formula is C13H14N2OS. The summed E-state index contributed by atoms with van der Waals surface area (Å²) in [5.41, 5.74) is 4.52. The number of hydrogen-bond donors (Lipinski definition) is 1. The number of ether oxygens (including phenoxy) is 1. The maximum atomic E-state index is 5.49. The number of fused-ring (bicyclic) bond motifs is 1. The molecule has 1 aromatic carbocycles. The van der Waals surface area contributed by atoms with Gasteiger partial charge in [0.25, 0.3) is 0 Å². The normalized spacial score (nSPS) is 13.4. The Labute approximate surface area is 104 Å². The molecule has 1 aliphatic heterocycles. The van der Waals surface area contributed by atoms with Crippen molar-refractivity contribution >= 4 is 11.3 Å². The minimum Gasteiger partial charge on any atom is -0.493 e. The van der Waals surface area contributed by atoms with E-state index in [2.05, 4.69) is 28.5 Å². The van der Waals surface area contributed by atoms with E-state index in [1.165, 1.54) is 16.0 Å². The van der Waals surface area contributed by atoms with E-state index in [1.54, 1.807) is 11.3 Å². The largest absolute Gasteiger partial charge is 0.493 e. The second kappa shape index (κ2) is 4.85. The summed E-state index contributed by atoms with van der Waals surface area (Å²) < 4.78 is 5.49. The molecule has 4 heteroatoms. The topological polar surface area (TPSA) is 34.2 Å². The Bertz CT molecular complexity index is 496. The minimum absolute atomic E-state index is 0.826. The molecule has 1 aromatic heterocycles. The molecule has 0 spiro atoms. The lowest BCUT2D eigenvalue weighted by molar-refractivity contribution is 0.357. The second-order valence-electron chi connectivity index (χ2n) is 4.11. The predicted molar refractivity (Wildman–Crippen MR) is 68.3 cm³/mol. The van der Waals surface area contributed by atoms with Gasteiger partial charge in [0, 0.05) is 30.6 Å². The molecule has 0 atom stereocenters. The summed E-state index contributed by atoms with van der Waals surface area (Å²) in [5.74, 6) is 1.05. The van der Waals surface area contributed by atoms with Gasteiger partial charge < -0.3 is 10.1 Å². The number of benzene rings is 1. The predicted octanol–water partition coefficient (Wildman–Crippen LogP) is 2.37. The van der Waals surface area contributed by atoms with Gasteiger partial charge in [-0.3, -0.25) is 4.98 Å². The van der Waals surface area contributed by atoms with Crippen LogP contribution in [0.4, 0.5) is 0 Å². The molecule has 0 fully saturated rings. The number of nitrogens with one attached hydrogen (secondary N) is 1. The molecule has 88 valence electrons. The minimum atomic E-state index is 0.826. The third-order valence-corrected chi connectivity index (χ3v) is 3.65. The number of rotatable bonds is 4. The van der Waals surface area contributed by atoms with Crippen molar-refractivity contribution in [3.63, 3.8) is 0 Å². The van der Waals surface area contributed by atoms with Gasteiger partial charge >= 0.3 is 0 Å². The van der Waals surface area contributed by atoms with Crippen LogP contribution in [0.3, 0.4) is 0 Å². The van der Waals surface area contributed by atoms with Gasteiger partial charge in [-0.2, -0.15) is 0 Å². The average Bonchev–Trinajstić information content (AvgIpc) is 2.98. The highest BCUT2D eigenvalue weighted by molar-refractivity contribution is 7.09. The molecule has 0 unspecified atom stereocenters. The fourth-order valence-corrected chi connectivity index (χ4v) is 2.57. The summed E-state index contributed by atoms with van der Waals surface area (Å²) in [7, 11) is 0. The zero-order valence-electron chi connectivity index (χ0n) is 9.48. The fraction of sp³-hybridized carbons (Fsp3) is 0.308. The van der Waals surface area contributed by atoms with Gasteiger partial charge in [0.05, 0.1) is 12.1 Å².